The van der Waals surface area contributed by atoms with Crippen LogP contribution in [0.2, 0.25) is 0 Å². The zero-order chi connectivity index (χ0) is 31.1. The first-order valence-electron chi connectivity index (χ1n) is 13.6. The second-order valence-corrected chi connectivity index (χ2v) is 9.81. The number of pyridine rings is 2. The van der Waals surface area contributed by atoms with Crippen LogP contribution >= 0.6 is 0 Å². The normalized spacial score (nSPS) is 11.6. The SMILES string of the molecule is Cn1ccccc1=NC(=O)c1ccc(NC(=O)c2ccc(C(=O)Nc3ccc(C(=O)N=c4ccccn4C)cc3)cc2)cc1. The van der Waals surface area contributed by atoms with Crippen LogP contribution in [0.5, 0.6) is 0 Å². The smallest absolute Gasteiger partial charge is 0.278 e. The highest BCUT2D eigenvalue weighted by Gasteiger charge is 2.12. The number of carbonyl (C=O) groups excluding carboxylic acids is 4. The number of rotatable bonds is 6. The quantitative estimate of drug-likeness (QED) is 0.308. The largest absolute Gasteiger partial charge is 0.336 e. The van der Waals surface area contributed by atoms with E-state index < -0.39 is 11.8 Å². The predicted molar refractivity (Wildman–Crippen MR) is 166 cm³/mol. The average molecular weight is 585 g/mol. The maximum Gasteiger partial charge on any atom is 0.278 e. The Morgan fingerprint density at radius 2 is 0.818 bits per heavy atom. The van der Waals surface area contributed by atoms with Crippen molar-refractivity contribution in [3.8, 4) is 0 Å². The minimum Gasteiger partial charge on any atom is -0.336 e. The van der Waals surface area contributed by atoms with E-state index in [0.29, 0.717) is 44.6 Å². The van der Waals surface area contributed by atoms with E-state index >= 15 is 0 Å². The highest BCUT2D eigenvalue weighted by molar-refractivity contribution is 6.07. The monoisotopic (exact) mass is 584 g/mol. The summed E-state index contributed by atoms with van der Waals surface area (Å²) in [7, 11) is 3.61. The molecule has 2 N–H and O–H groups in total. The van der Waals surface area contributed by atoms with Crippen LogP contribution < -0.4 is 21.6 Å². The fourth-order valence-corrected chi connectivity index (χ4v) is 4.17. The molecule has 0 bridgehead atoms. The molecule has 10 nitrogen and oxygen atoms in total. The molecule has 0 saturated heterocycles. The molecule has 44 heavy (non-hydrogen) atoms. The third kappa shape index (κ3) is 7.18. The topological polar surface area (TPSA) is 127 Å². The number of anilines is 2. The summed E-state index contributed by atoms with van der Waals surface area (Å²) in [6, 6.07) is 29.9. The minimum absolute atomic E-state index is 0.353. The van der Waals surface area contributed by atoms with Gasteiger partial charge in [0, 0.05) is 60.1 Å². The van der Waals surface area contributed by atoms with Gasteiger partial charge in [0.25, 0.3) is 23.6 Å². The number of nitrogens with one attached hydrogen (secondary N) is 2. The van der Waals surface area contributed by atoms with Crippen LogP contribution in [0.15, 0.2) is 132 Å². The number of hydrogen-bond acceptors (Lipinski definition) is 4. The lowest BCUT2D eigenvalue weighted by atomic mass is 10.1. The molecule has 0 atom stereocenters. The zero-order valence-corrected chi connectivity index (χ0v) is 24.0. The molecule has 5 rings (SSSR count). The number of benzene rings is 3. The molecule has 4 amide bonds. The molecule has 218 valence electrons. The highest BCUT2D eigenvalue weighted by Crippen LogP contribution is 2.15. The van der Waals surface area contributed by atoms with Crippen LogP contribution in [-0.4, -0.2) is 32.8 Å². The van der Waals surface area contributed by atoms with Gasteiger partial charge in [-0.05, 0) is 97.1 Å². The third-order valence-electron chi connectivity index (χ3n) is 6.68. The maximum atomic E-state index is 12.8. The second-order valence-electron chi connectivity index (χ2n) is 9.81. The van der Waals surface area contributed by atoms with E-state index in [2.05, 4.69) is 20.6 Å². The first-order chi connectivity index (χ1) is 21.3. The minimum atomic E-state index is -0.393. The van der Waals surface area contributed by atoms with Gasteiger partial charge in [-0.1, -0.05) is 12.1 Å². The first kappa shape index (κ1) is 29.3. The van der Waals surface area contributed by atoms with Gasteiger partial charge in [-0.2, -0.15) is 9.98 Å². The number of hydrogen-bond donors (Lipinski definition) is 2. The van der Waals surface area contributed by atoms with Gasteiger partial charge in [0.15, 0.2) is 0 Å². The van der Waals surface area contributed by atoms with E-state index in [9.17, 15) is 19.2 Å². The van der Waals surface area contributed by atoms with Gasteiger partial charge in [0.1, 0.15) is 11.0 Å². The first-order valence-corrected chi connectivity index (χ1v) is 13.6. The molecule has 0 fully saturated rings. The van der Waals surface area contributed by atoms with Crippen molar-refractivity contribution >= 4 is 35.0 Å². The van der Waals surface area contributed by atoms with E-state index in [0.717, 1.165) is 0 Å². The molecule has 2 heterocycles. The Labute approximate surface area is 252 Å². The molecule has 0 aliphatic heterocycles. The van der Waals surface area contributed by atoms with Crippen molar-refractivity contribution in [1.82, 2.24) is 9.13 Å². The van der Waals surface area contributed by atoms with E-state index in [4.69, 9.17) is 0 Å². The van der Waals surface area contributed by atoms with Crippen molar-refractivity contribution in [3.05, 3.63) is 155 Å². The molecule has 0 saturated carbocycles. The number of carbonyl (C=O) groups is 4. The molecule has 10 heteroatoms. The lowest BCUT2D eigenvalue weighted by Gasteiger charge is -2.08. The lowest BCUT2D eigenvalue weighted by Crippen LogP contribution is -2.18. The van der Waals surface area contributed by atoms with Crippen LogP contribution in [0.25, 0.3) is 0 Å². The summed E-state index contributed by atoms with van der Waals surface area (Å²) in [5.41, 5.74) is 3.55. The summed E-state index contributed by atoms with van der Waals surface area (Å²) in [5.74, 6) is -1.52. The average Bonchev–Trinajstić information content (AvgIpc) is 3.04. The van der Waals surface area contributed by atoms with Gasteiger partial charge in [-0.3, -0.25) is 19.2 Å². The third-order valence-corrected chi connectivity index (χ3v) is 6.68. The van der Waals surface area contributed by atoms with Crippen molar-refractivity contribution in [3.63, 3.8) is 0 Å². The number of aryl methyl sites for hydroxylation is 2. The molecule has 5 aromatic rings. The Balaban J connectivity index is 1.17. The Morgan fingerprint density at radius 3 is 1.16 bits per heavy atom. The standard InChI is InChI=1S/C34H28N6O4/c1-39-21-5-3-7-29(39)37-33(43)25-13-17-27(18-14-25)35-31(41)23-9-11-24(12-10-23)32(42)36-28-19-15-26(16-20-28)34(44)38-30-8-4-6-22-40(30)2/h3-22H,1-2H3,(H,35,41)(H,36,42). The summed E-state index contributed by atoms with van der Waals surface area (Å²) in [4.78, 5) is 58.8. The Bertz CT molecular complexity index is 1840. The fraction of sp³-hybridized carbons (Fsp3) is 0.0588. The fourth-order valence-electron chi connectivity index (χ4n) is 4.17. The van der Waals surface area contributed by atoms with Gasteiger partial charge < -0.3 is 19.8 Å². The number of nitrogens with zero attached hydrogens (tertiary/aromatic N) is 4. The van der Waals surface area contributed by atoms with Crippen LogP contribution in [-0.2, 0) is 14.1 Å². The van der Waals surface area contributed by atoms with E-state index in [1.54, 1.807) is 133 Å². The van der Waals surface area contributed by atoms with Gasteiger partial charge in [-0.25, -0.2) is 0 Å². The molecule has 0 aliphatic carbocycles. The van der Waals surface area contributed by atoms with Crippen molar-refractivity contribution in [2.45, 2.75) is 0 Å². The second kappa shape index (κ2) is 13.2. The van der Waals surface area contributed by atoms with Crippen molar-refractivity contribution in [2.24, 2.45) is 24.1 Å². The molecular formula is C34H28N6O4. The summed E-state index contributed by atoms with van der Waals surface area (Å²) < 4.78 is 3.49. The van der Waals surface area contributed by atoms with Crippen molar-refractivity contribution < 1.29 is 19.2 Å². The molecular weight excluding hydrogens is 556 g/mol. The molecule has 0 unspecified atom stereocenters. The molecule has 0 spiro atoms. The molecule has 3 aromatic carbocycles. The van der Waals surface area contributed by atoms with E-state index in [1.165, 1.54) is 0 Å². The highest BCUT2D eigenvalue weighted by atomic mass is 16.2. The summed E-state index contributed by atoms with van der Waals surface area (Å²) >= 11 is 0. The molecule has 2 aromatic heterocycles. The molecule has 0 radical (unpaired) electrons. The zero-order valence-electron chi connectivity index (χ0n) is 24.0. The Morgan fingerprint density at radius 1 is 0.477 bits per heavy atom. The Kier molecular flexibility index (Phi) is 8.81. The number of aromatic nitrogens is 2. The Hall–Kier alpha value is -6.16. The van der Waals surface area contributed by atoms with Crippen LogP contribution in [0.3, 0.4) is 0 Å². The van der Waals surface area contributed by atoms with Gasteiger partial charge in [0.2, 0.25) is 0 Å². The van der Waals surface area contributed by atoms with Crippen LogP contribution in [0, 0.1) is 0 Å². The lowest BCUT2D eigenvalue weighted by molar-refractivity contribution is 0.0989. The maximum absolute atomic E-state index is 12.8. The summed E-state index contributed by atoms with van der Waals surface area (Å²) in [6.07, 6.45) is 3.61. The van der Waals surface area contributed by atoms with Gasteiger partial charge in [0.05, 0.1) is 0 Å². The summed E-state index contributed by atoms with van der Waals surface area (Å²) in [5, 5.41) is 5.56. The van der Waals surface area contributed by atoms with Crippen LogP contribution in [0.4, 0.5) is 11.4 Å². The number of amides is 4. The van der Waals surface area contributed by atoms with E-state index in [-0.39, 0.29) is 11.8 Å². The molecule has 0 aliphatic rings. The van der Waals surface area contributed by atoms with E-state index in [1.807, 2.05) is 12.1 Å². The van der Waals surface area contributed by atoms with Crippen molar-refractivity contribution in [2.75, 3.05) is 10.6 Å². The summed E-state index contributed by atoms with van der Waals surface area (Å²) in [6.45, 7) is 0. The van der Waals surface area contributed by atoms with Gasteiger partial charge in [-0.15, -0.1) is 0 Å². The van der Waals surface area contributed by atoms with Crippen molar-refractivity contribution in [1.29, 1.82) is 0 Å². The van der Waals surface area contributed by atoms with Gasteiger partial charge >= 0.3 is 0 Å². The predicted octanol–water partition coefficient (Wildman–Crippen LogP) is 4.35. The van der Waals surface area contributed by atoms with Crippen LogP contribution in [0.1, 0.15) is 41.4 Å².